The molecule has 0 saturated carbocycles. The minimum Gasteiger partial charge on any atom is -0.496 e. The lowest BCUT2D eigenvalue weighted by molar-refractivity contribution is -0.122. The Morgan fingerprint density at radius 2 is 2.10 bits per heavy atom. The summed E-state index contributed by atoms with van der Waals surface area (Å²) < 4.78 is 6.30. The standard InChI is InChI=1S/C14H15N3O3/c1-20-12-6-3-2-5-11(12)9-15-13(18)10-17-14(19)7-4-8-16-17/h2-8H,9-10H2,1H3,(H,15,18). The normalized spacial score (nSPS) is 10.1. The van der Waals surface area contributed by atoms with E-state index in [4.69, 9.17) is 4.74 Å². The molecule has 1 aromatic carbocycles. The molecule has 1 heterocycles. The Morgan fingerprint density at radius 1 is 1.30 bits per heavy atom. The average Bonchev–Trinajstić information content (AvgIpc) is 2.48. The van der Waals surface area contributed by atoms with Gasteiger partial charge in [-0.2, -0.15) is 5.10 Å². The molecule has 0 aliphatic carbocycles. The Hall–Kier alpha value is -2.63. The fourth-order valence-electron chi connectivity index (χ4n) is 1.74. The van der Waals surface area contributed by atoms with Crippen molar-refractivity contribution in [1.82, 2.24) is 15.1 Å². The van der Waals surface area contributed by atoms with Crippen LogP contribution in [-0.2, 0) is 17.9 Å². The number of nitrogens with one attached hydrogen (secondary N) is 1. The molecule has 0 bridgehead atoms. The quantitative estimate of drug-likeness (QED) is 0.864. The second-order valence-electron chi connectivity index (χ2n) is 4.11. The molecule has 0 saturated heterocycles. The number of hydrogen-bond acceptors (Lipinski definition) is 4. The zero-order valence-electron chi connectivity index (χ0n) is 11.1. The van der Waals surface area contributed by atoms with Crippen LogP contribution in [0.25, 0.3) is 0 Å². The second kappa shape index (κ2) is 6.51. The van der Waals surface area contributed by atoms with E-state index in [9.17, 15) is 9.59 Å². The Morgan fingerprint density at radius 3 is 2.85 bits per heavy atom. The molecule has 1 amide bonds. The zero-order chi connectivity index (χ0) is 14.4. The van der Waals surface area contributed by atoms with Gasteiger partial charge in [0.15, 0.2) is 0 Å². The molecule has 6 heteroatoms. The van der Waals surface area contributed by atoms with Crippen molar-refractivity contribution in [1.29, 1.82) is 0 Å². The van der Waals surface area contributed by atoms with Crippen LogP contribution < -0.4 is 15.6 Å². The molecule has 2 rings (SSSR count). The first-order valence-corrected chi connectivity index (χ1v) is 6.11. The summed E-state index contributed by atoms with van der Waals surface area (Å²) in [6.45, 7) is 0.235. The van der Waals surface area contributed by atoms with E-state index in [0.29, 0.717) is 12.3 Å². The Labute approximate surface area is 116 Å². The predicted molar refractivity (Wildman–Crippen MR) is 73.3 cm³/mol. The summed E-state index contributed by atoms with van der Waals surface area (Å²) in [5.41, 5.74) is 0.566. The second-order valence-corrected chi connectivity index (χ2v) is 4.11. The van der Waals surface area contributed by atoms with Crippen LogP contribution in [0.1, 0.15) is 5.56 Å². The molecule has 0 unspecified atom stereocenters. The van der Waals surface area contributed by atoms with E-state index in [1.54, 1.807) is 7.11 Å². The molecule has 0 radical (unpaired) electrons. The van der Waals surface area contributed by atoms with Crippen molar-refractivity contribution in [2.45, 2.75) is 13.1 Å². The van der Waals surface area contributed by atoms with E-state index < -0.39 is 0 Å². The fraction of sp³-hybridized carbons (Fsp3) is 0.214. The first kappa shape index (κ1) is 13.8. The monoisotopic (exact) mass is 273 g/mol. The van der Waals surface area contributed by atoms with Gasteiger partial charge in [-0.15, -0.1) is 0 Å². The van der Waals surface area contributed by atoms with Gasteiger partial charge in [-0.05, 0) is 12.1 Å². The molecule has 0 aliphatic rings. The van der Waals surface area contributed by atoms with Gasteiger partial charge in [0.2, 0.25) is 5.91 Å². The molecule has 0 fully saturated rings. The van der Waals surface area contributed by atoms with Crippen LogP contribution in [0.4, 0.5) is 0 Å². The highest BCUT2D eigenvalue weighted by atomic mass is 16.5. The number of nitrogens with zero attached hydrogens (tertiary/aromatic N) is 2. The number of aromatic nitrogens is 2. The largest absolute Gasteiger partial charge is 0.496 e. The van der Waals surface area contributed by atoms with Gasteiger partial charge >= 0.3 is 0 Å². The van der Waals surface area contributed by atoms with E-state index in [1.165, 1.54) is 18.3 Å². The molecule has 104 valence electrons. The molecule has 6 nitrogen and oxygen atoms in total. The number of para-hydroxylation sites is 1. The number of benzene rings is 1. The van der Waals surface area contributed by atoms with Gasteiger partial charge in [0, 0.05) is 24.4 Å². The smallest absolute Gasteiger partial charge is 0.267 e. The van der Waals surface area contributed by atoms with Gasteiger partial charge < -0.3 is 10.1 Å². The van der Waals surface area contributed by atoms with Crippen LogP contribution >= 0.6 is 0 Å². The highest BCUT2D eigenvalue weighted by Gasteiger charge is 2.06. The van der Waals surface area contributed by atoms with Crippen molar-refractivity contribution in [2.75, 3.05) is 7.11 Å². The summed E-state index contributed by atoms with van der Waals surface area (Å²) in [6, 6.07) is 10.3. The maximum absolute atomic E-state index is 11.8. The number of rotatable bonds is 5. The summed E-state index contributed by atoms with van der Waals surface area (Å²) in [6.07, 6.45) is 1.47. The van der Waals surface area contributed by atoms with Crippen molar-refractivity contribution >= 4 is 5.91 Å². The lowest BCUT2D eigenvalue weighted by Crippen LogP contribution is -2.32. The van der Waals surface area contributed by atoms with Crippen LogP contribution in [-0.4, -0.2) is 22.8 Å². The number of hydrogen-bond donors (Lipinski definition) is 1. The zero-order valence-corrected chi connectivity index (χ0v) is 11.1. The summed E-state index contributed by atoms with van der Waals surface area (Å²) >= 11 is 0. The summed E-state index contributed by atoms with van der Waals surface area (Å²) in [5, 5.41) is 6.56. The number of ether oxygens (including phenoxy) is 1. The van der Waals surface area contributed by atoms with Crippen molar-refractivity contribution in [2.24, 2.45) is 0 Å². The van der Waals surface area contributed by atoms with E-state index >= 15 is 0 Å². The molecule has 1 N–H and O–H groups in total. The van der Waals surface area contributed by atoms with Crippen LogP contribution in [0.15, 0.2) is 47.4 Å². The molecule has 0 spiro atoms. The van der Waals surface area contributed by atoms with Crippen LogP contribution in [0.3, 0.4) is 0 Å². The summed E-state index contributed by atoms with van der Waals surface area (Å²) in [4.78, 5) is 23.2. The molecule has 0 aliphatic heterocycles. The number of methoxy groups -OCH3 is 1. The van der Waals surface area contributed by atoms with Crippen molar-refractivity contribution in [3.63, 3.8) is 0 Å². The third kappa shape index (κ3) is 3.44. The van der Waals surface area contributed by atoms with Crippen molar-refractivity contribution in [3.05, 3.63) is 58.5 Å². The minimum absolute atomic E-state index is 0.102. The van der Waals surface area contributed by atoms with E-state index in [-0.39, 0.29) is 18.0 Å². The predicted octanol–water partition coefficient (Wildman–Crippen LogP) is 0.568. The van der Waals surface area contributed by atoms with Crippen LogP contribution in [0.2, 0.25) is 0 Å². The van der Waals surface area contributed by atoms with E-state index in [0.717, 1.165) is 10.2 Å². The third-order valence-electron chi connectivity index (χ3n) is 2.75. The minimum atomic E-state index is -0.306. The summed E-state index contributed by atoms with van der Waals surface area (Å²) in [5.74, 6) is 0.430. The average molecular weight is 273 g/mol. The lowest BCUT2D eigenvalue weighted by atomic mass is 10.2. The van der Waals surface area contributed by atoms with Gasteiger partial charge in [0.05, 0.1) is 7.11 Å². The maximum Gasteiger partial charge on any atom is 0.267 e. The molecule has 1 aromatic heterocycles. The van der Waals surface area contributed by atoms with Gasteiger partial charge in [-0.1, -0.05) is 18.2 Å². The fourth-order valence-corrected chi connectivity index (χ4v) is 1.74. The Balaban J connectivity index is 1.96. The van der Waals surface area contributed by atoms with Gasteiger partial charge in [0.1, 0.15) is 12.3 Å². The molecule has 2 aromatic rings. The maximum atomic E-state index is 11.8. The van der Waals surface area contributed by atoms with Gasteiger partial charge in [-0.3, -0.25) is 9.59 Å². The highest BCUT2D eigenvalue weighted by Crippen LogP contribution is 2.16. The topological polar surface area (TPSA) is 73.2 Å². The Bertz CT molecular complexity index is 652. The van der Waals surface area contributed by atoms with E-state index in [1.807, 2.05) is 24.3 Å². The lowest BCUT2D eigenvalue weighted by Gasteiger charge is -2.09. The SMILES string of the molecule is COc1ccccc1CNC(=O)Cn1ncccc1=O. The van der Waals surface area contributed by atoms with Crippen molar-refractivity contribution in [3.8, 4) is 5.75 Å². The molecular formula is C14H15N3O3. The summed E-state index contributed by atoms with van der Waals surface area (Å²) in [7, 11) is 1.58. The molecule has 0 atom stereocenters. The first-order chi connectivity index (χ1) is 9.70. The highest BCUT2D eigenvalue weighted by molar-refractivity contribution is 5.75. The van der Waals surface area contributed by atoms with Gasteiger partial charge in [0.25, 0.3) is 5.56 Å². The molecular weight excluding hydrogens is 258 g/mol. The van der Waals surface area contributed by atoms with Gasteiger partial charge in [-0.25, -0.2) is 4.68 Å². The van der Waals surface area contributed by atoms with E-state index in [2.05, 4.69) is 10.4 Å². The number of amides is 1. The third-order valence-corrected chi connectivity index (χ3v) is 2.75. The Kier molecular flexibility index (Phi) is 4.49. The first-order valence-electron chi connectivity index (χ1n) is 6.11. The number of carbonyl (C=O) groups is 1. The number of carbonyl (C=O) groups excluding carboxylic acids is 1. The van der Waals surface area contributed by atoms with Crippen molar-refractivity contribution < 1.29 is 9.53 Å². The van der Waals surface area contributed by atoms with Crippen LogP contribution in [0, 0.1) is 0 Å². The molecule has 20 heavy (non-hydrogen) atoms. The van der Waals surface area contributed by atoms with Crippen LogP contribution in [0.5, 0.6) is 5.75 Å².